The number of carbonyl (C=O) groups excluding carboxylic acids is 2. The molecule has 0 aliphatic carbocycles. The first-order valence-corrected chi connectivity index (χ1v) is 20.9. The molecule has 5 aliphatic heterocycles. The maximum atomic E-state index is 12.1. The molecule has 336 valence electrons. The van der Waals surface area contributed by atoms with Crippen LogP contribution in [-0.2, 0) is 51.7 Å². The lowest BCUT2D eigenvalue weighted by molar-refractivity contribution is -0.0523. The number of rotatable bonds is 4. The van der Waals surface area contributed by atoms with Gasteiger partial charge in [0.15, 0.2) is 0 Å². The summed E-state index contributed by atoms with van der Waals surface area (Å²) in [4.78, 5) is 26.4. The zero-order chi connectivity index (χ0) is 45.8. The summed E-state index contributed by atoms with van der Waals surface area (Å²) in [6.45, 7) is 35.3. The lowest BCUT2D eigenvalue weighted by atomic mass is 9.49. The van der Waals surface area contributed by atoms with E-state index in [-0.39, 0.29) is 53.4 Å². The third kappa shape index (κ3) is 12.6. The molecule has 0 atom stereocenters. The molecule has 0 saturated carbocycles. The molecule has 0 N–H and O–H groups in total. The van der Waals surface area contributed by atoms with Crippen molar-refractivity contribution < 1.29 is 72.8 Å². The molecule has 5 aliphatic rings. The summed E-state index contributed by atoms with van der Waals surface area (Å²) in [6, 6.07) is 0. The van der Waals surface area contributed by atoms with Gasteiger partial charge < -0.3 is 46.5 Å². The minimum absolute atomic E-state index is 0.0857. The molecular weight excluding hydrogens is 802 g/mol. The number of alkyl halides is 3. The zero-order valence-electron chi connectivity index (χ0n) is 38.0. The van der Waals surface area contributed by atoms with E-state index in [0.717, 1.165) is 16.4 Å². The Morgan fingerprint density at radius 1 is 0.593 bits per heavy atom. The molecule has 22 heteroatoms. The quantitative estimate of drug-likeness (QED) is 0.161. The van der Waals surface area contributed by atoms with Crippen LogP contribution >= 0.6 is 0 Å². The topological polar surface area (TPSA) is 158 Å². The van der Waals surface area contributed by atoms with Gasteiger partial charge in [-0.3, -0.25) is 4.90 Å². The average Bonchev–Trinajstić information content (AvgIpc) is 3.78. The van der Waals surface area contributed by atoms with Gasteiger partial charge in [-0.05, 0) is 136 Å². The van der Waals surface area contributed by atoms with Crippen LogP contribution < -0.4 is 0 Å². The van der Waals surface area contributed by atoms with Crippen LogP contribution in [0.2, 0.25) is 0 Å². The average molecular weight is 866 g/mol. The molecule has 3 saturated heterocycles. The van der Waals surface area contributed by atoms with Gasteiger partial charge in [-0.2, -0.15) is 21.6 Å². The second-order valence-electron chi connectivity index (χ2n) is 20.0. The normalized spacial score (nSPS) is 24.1. The van der Waals surface area contributed by atoms with Crippen molar-refractivity contribution in [3.63, 3.8) is 0 Å². The molecule has 15 nitrogen and oxygen atoms in total. The Bertz CT molecular complexity index is 1660. The molecular formula is C37H64B3F3N2O13S. The van der Waals surface area contributed by atoms with Gasteiger partial charge in [-0.25, -0.2) is 9.59 Å². The van der Waals surface area contributed by atoms with Gasteiger partial charge in [0, 0.05) is 19.6 Å². The van der Waals surface area contributed by atoms with Crippen LogP contribution in [0.4, 0.5) is 22.8 Å². The maximum absolute atomic E-state index is 12.1. The minimum Gasteiger partial charge on any atom is -0.444 e. The second-order valence-corrected chi connectivity index (χ2v) is 21.5. The second kappa shape index (κ2) is 16.7. The number of ether oxygens (including phenoxy) is 2. The smallest absolute Gasteiger partial charge is 0.444 e. The van der Waals surface area contributed by atoms with E-state index in [4.69, 9.17) is 37.4 Å². The predicted octanol–water partition coefficient (Wildman–Crippen LogP) is 7.03. The monoisotopic (exact) mass is 866 g/mol. The SMILES string of the molecule is CC(C)(C)OC(=O)N1CC=C(B2OC(C)(C)C(C)(C)O2)C1.CC(C)(C)OC(=O)N1CC=C(OS(=O)(=O)C(F)(F)F)C1.CC1(C)OB(B2OC(C)(C)C(C)(C)O2)OC1(C)C. The van der Waals surface area contributed by atoms with E-state index < -0.39 is 59.2 Å². The van der Waals surface area contributed by atoms with Crippen LogP contribution in [-0.4, -0.2) is 128 Å². The summed E-state index contributed by atoms with van der Waals surface area (Å²) in [5, 5.41) is 0. The van der Waals surface area contributed by atoms with Crippen LogP contribution in [0.25, 0.3) is 0 Å². The van der Waals surface area contributed by atoms with E-state index in [2.05, 4.69) is 4.18 Å². The van der Waals surface area contributed by atoms with Crippen molar-refractivity contribution in [2.24, 2.45) is 0 Å². The number of amides is 2. The van der Waals surface area contributed by atoms with Crippen LogP contribution in [0, 0.1) is 0 Å². The molecule has 0 spiro atoms. The Morgan fingerprint density at radius 2 is 0.915 bits per heavy atom. The van der Waals surface area contributed by atoms with E-state index in [9.17, 15) is 31.2 Å². The van der Waals surface area contributed by atoms with Gasteiger partial charge in [0.05, 0.1) is 40.2 Å². The molecule has 0 unspecified atom stereocenters. The van der Waals surface area contributed by atoms with Gasteiger partial charge in [-0.1, -0.05) is 6.08 Å². The predicted molar refractivity (Wildman–Crippen MR) is 216 cm³/mol. The van der Waals surface area contributed by atoms with E-state index in [1.54, 1.807) is 25.7 Å². The third-order valence-electron chi connectivity index (χ3n) is 11.0. The van der Waals surface area contributed by atoms with Crippen molar-refractivity contribution in [2.45, 2.75) is 175 Å². The fraction of sp³-hybridized carbons (Fsp3) is 0.838. The van der Waals surface area contributed by atoms with Crippen molar-refractivity contribution in [3.8, 4) is 0 Å². The number of hydrogen-bond donors (Lipinski definition) is 0. The van der Waals surface area contributed by atoms with Gasteiger partial charge in [-0.15, -0.1) is 0 Å². The molecule has 0 aromatic heterocycles. The highest BCUT2D eigenvalue weighted by Gasteiger charge is 2.64. The lowest BCUT2D eigenvalue weighted by Gasteiger charge is -2.32. The molecule has 0 bridgehead atoms. The number of halogens is 3. The van der Waals surface area contributed by atoms with Crippen molar-refractivity contribution >= 4 is 43.4 Å². The largest absolute Gasteiger partial charge is 0.534 e. The van der Waals surface area contributed by atoms with Crippen LogP contribution in [0.3, 0.4) is 0 Å². The van der Waals surface area contributed by atoms with Gasteiger partial charge >= 0.3 is 48.9 Å². The fourth-order valence-electron chi connectivity index (χ4n) is 5.45. The van der Waals surface area contributed by atoms with Crippen LogP contribution in [0.1, 0.15) is 125 Å². The maximum Gasteiger partial charge on any atom is 0.534 e. The van der Waals surface area contributed by atoms with Crippen molar-refractivity contribution in [1.29, 1.82) is 0 Å². The van der Waals surface area contributed by atoms with E-state index in [1.165, 1.54) is 0 Å². The summed E-state index contributed by atoms with van der Waals surface area (Å²) in [5.74, 6) is -0.465. The number of hydrogen-bond acceptors (Lipinski definition) is 13. The standard InChI is InChI=1S/C15H26BNO4.C12H24B2O4.C10H14F3NO5S/c1-13(2,3)19-12(18)17-9-8-11(10-17)16-20-14(4,5)15(6,7)21-16;1-9(2)10(3,4)16-13(15-9)14-17-11(5,6)12(7,8)18-14;1-9(2,3)18-8(15)14-5-4-7(6-14)19-20(16,17)10(11,12)13/h8H,9-10H2,1-7H3;1-8H3;4H,5-6H2,1-3H3. The number of nitrogens with zero attached hydrogens (tertiary/aromatic N) is 2. The first-order chi connectivity index (χ1) is 26.1. The highest BCUT2D eigenvalue weighted by atomic mass is 32.2. The highest BCUT2D eigenvalue weighted by Crippen LogP contribution is 2.43. The Labute approximate surface area is 349 Å². The van der Waals surface area contributed by atoms with E-state index in [0.29, 0.717) is 13.1 Å². The number of carbonyl (C=O) groups is 2. The molecule has 59 heavy (non-hydrogen) atoms. The molecule has 3 fully saturated rings. The summed E-state index contributed by atoms with van der Waals surface area (Å²) >= 11 is 0. The summed E-state index contributed by atoms with van der Waals surface area (Å²) in [5.41, 5.74) is -7.93. The zero-order valence-corrected chi connectivity index (χ0v) is 38.8. The Balaban J connectivity index is 0.000000237. The molecule has 0 aromatic carbocycles. The van der Waals surface area contributed by atoms with Crippen LogP contribution in [0.5, 0.6) is 0 Å². The Kier molecular flexibility index (Phi) is 14.4. The van der Waals surface area contributed by atoms with Crippen molar-refractivity contribution in [3.05, 3.63) is 23.4 Å². The van der Waals surface area contributed by atoms with Gasteiger partial charge in [0.25, 0.3) is 0 Å². The fourth-order valence-corrected chi connectivity index (χ4v) is 5.95. The lowest BCUT2D eigenvalue weighted by Crippen LogP contribution is -2.41. The molecule has 0 aromatic rings. The molecule has 0 radical (unpaired) electrons. The van der Waals surface area contributed by atoms with E-state index in [1.807, 2.05) is 110 Å². The summed E-state index contributed by atoms with van der Waals surface area (Å²) in [7, 11) is -7.05. The molecule has 5 heterocycles. The Morgan fingerprint density at radius 3 is 1.25 bits per heavy atom. The highest BCUT2D eigenvalue weighted by molar-refractivity contribution is 7.87. The summed E-state index contributed by atoms with van der Waals surface area (Å²) < 4.78 is 108. The first kappa shape index (κ1) is 50.9. The minimum atomic E-state index is -5.71. The van der Waals surface area contributed by atoms with Crippen molar-refractivity contribution in [2.75, 3.05) is 26.2 Å². The Hall–Kier alpha value is -2.49. The molecule has 2 amide bonds. The summed E-state index contributed by atoms with van der Waals surface area (Å²) in [6.07, 6.45) is 2.00. The van der Waals surface area contributed by atoms with Crippen LogP contribution in [0.15, 0.2) is 23.4 Å². The van der Waals surface area contributed by atoms with Gasteiger partial charge in [0.1, 0.15) is 17.0 Å². The first-order valence-electron chi connectivity index (χ1n) is 19.5. The van der Waals surface area contributed by atoms with E-state index >= 15 is 0 Å². The van der Waals surface area contributed by atoms with Gasteiger partial charge in [0.2, 0.25) is 0 Å². The van der Waals surface area contributed by atoms with Crippen molar-refractivity contribution in [1.82, 2.24) is 9.80 Å². The molecule has 5 rings (SSSR count). The third-order valence-corrected chi connectivity index (χ3v) is 12.0.